The van der Waals surface area contributed by atoms with Crippen LogP contribution in [0.4, 0.5) is 15.8 Å². The van der Waals surface area contributed by atoms with Crippen molar-refractivity contribution in [2.75, 3.05) is 43.5 Å². The van der Waals surface area contributed by atoms with E-state index in [2.05, 4.69) is 15.1 Å². The molecule has 4 nitrogen and oxygen atoms in total. The van der Waals surface area contributed by atoms with E-state index in [0.717, 1.165) is 43.3 Å². The molecule has 24 heavy (non-hydrogen) atoms. The zero-order chi connectivity index (χ0) is 16.9. The third kappa shape index (κ3) is 3.94. The molecule has 2 aromatic rings. The Bertz CT molecular complexity index is 700. The van der Waals surface area contributed by atoms with Gasteiger partial charge in [-0.2, -0.15) is 0 Å². The highest BCUT2D eigenvalue weighted by molar-refractivity contribution is 7.80. The number of piperazine rings is 1. The molecule has 126 valence electrons. The highest BCUT2D eigenvalue weighted by Crippen LogP contribution is 2.19. The minimum Gasteiger partial charge on any atom is -0.497 e. The van der Waals surface area contributed by atoms with Crippen molar-refractivity contribution in [3.8, 4) is 5.75 Å². The summed E-state index contributed by atoms with van der Waals surface area (Å²) in [7, 11) is 1.64. The molecular formula is C18H20FN3OS. The van der Waals surface area contributed by atoms with Crippen LogP contribution in [0, 0.1) is 5.82 Å². The maximum absolute atomic E-state index is 13.0. The number of benzene rings is 2. The zero-order valence-electron chi connectivity index (χ0n) is 13.5. The van der Waals surface area contributed by atoms with Gasteiger partial charge in [0.15, 0.2) is 5.11 Å². The summed E-state index contributed by atoms with van der Waals surface area (Å²) in [6.45, 7) is 3.36. The van der Waals surface area contributed by atoms with Crippen molar-refractivity contribution in [1.29, 1.82) is 0 Å². The number of ether oxygens (including phenoxy) is 1. The van der Waals surface area contributed by atoms with E-state index in [1.165, 1.54) is 12.1 Å². The van der Waals surface area contributed by atoms with E-state index in [1.807, 2.05) is 36.4 Å². The molecule has 0 atom stereocenters. The molecule has 3 rings (SSSR count). The van der Waals surface area contributed by atoms with Gasteiger partial charge in [0, 0.05) is 43.6 Å². The lowest BCUT2D eigenvalue weighted by Gasteiger charge is -2.37. The summed E-state index contributed by atoms with van der Waals surface area (Å²) in [5, 5.41) is 3.97. The molecule has 0 aliphatic carbocycles. The number of nitrogens with zero attached hydrogens (tertiary/aromatic N) is 2. The van der Waals surface area contributed by atoms with Crippen LogP contribution >= 0.6 is 12.2 Å². The Kier molecular flexibility index (Phi) is 5.15. The molecule has 0 bridgehead atoms. The molecule has 1 aliphatic rings. The van der Waals surface area contributed by atoms with E-state index in [0.29, 0.717) is 5.11 Å². The minimum absolute atomic E-state index is 0.207. The van der Waals surface area contributed by atoms with Crippen LogP contribution in [0.2, 0.25) is 0 Å². The zero-order valence-corrected chi connectivity index (χ0v) is 14.4. The van der Waals surface area contributed by atoms with Gasteiger partial charge in [0.05, 0.1) is 7.11 Å². The largest absolute Gasteiger partial charge is 0.497 e. The highest BCUT2D eigenvalue weighted by atomic mass is 32.1. The van der Waals surface area contributed by atoms with Crippen LogP contribution in [0.3, 0.4) is 0 Å². The van der Waals surface area contributed by atoms with E-state index in [9.17, 15) is 4.39 Å². The number of hydrogen-bond acceptors (Lipinski definition) is 3. The fraction of sp³-hybridized carbons (Fsp3) is 0.278. The topological polar surface area (TPSA) is 27.7 Å². The molecule has 1 heterocycles. The van der Waals surface area contributed by atoms with E-state index in [4.69, 9.17) is 17.0 Å². The van der Waals surface area contributed by atoms with Crippen LogP contribution in [-0.2, 0) is 0 Å². The van der Waals surface area contributed by atoms with Gasteiger partial charge in [-0.25, -0.2) is 4.39 Å². The van der Waals surface area contributed by atoms with Gasteiger partial charge in [-0.3, -0.25) is 0 Å². The summed E-state index contributed by atoms with van der Waals surface area (Å²) in [6.07, 6.45) is 0. The average molecular weight is 345 g/mol. The molecule has 0 radical (unpaired) electrons. The van der Waals surface area contributed by atoms with Crippen LogP contribution in [0.25, 0.3) is 0 Å². The lowest BCUT2D eigenvalue weighted by atomic mass is 10.2. The summed E-state index contributed by atoms with van der Waals surface area (Å²) in [6, 6.07) is 14.3. The van der Waals surface area contributed by atoms with Crippen molar-refractivity contribution in [2.24, 2.45) is 0 Å². The Morgan fingerprint density at radius 1 is 1.08 bits per heavy atom. The lowest BCUT2D eigenvalue weighted by molar-refractivity contribution is 0.391. The number of halogens is 1. The smallest absolute Gasteiger partial charge is 0.173 e. The summed E-state index contributed by atoms with van der Waals surface area (Å²) in [5.74, 6) is 0.588. The second-order valence-corrected chi connectivity index (χ2v) is 6.00. The number of thiocarbonyl (C=S) groups is 1. The van der Waals surface area contributed by atoms with Crippen LogP contribution in [-0.4, -0.2) is 43.3 Å². The van der Waals surface area contributed by atoms with Crippen molar-refractivity contribution in [2.45, 2.75) is 0 Å². The van der Waals surface area contributed by atoms with Crippen molar-refractivity contribution in [3.63, 3.8) is 0 Å². The van der Waals surface area contributed by atoms with Crippen LogP contribution in [0.1, 0.15) is 0 Å². The summed E-state index contributed by atoms with van der Waals surface area (Å²) in [5.41, 5.74) is 1.96. The molecule has 0 saturated carbocycles. The summed E-state index contributed by atoms with van der Waals surface area (Å²) < 4.78 is 18.2. The number of anilines is 2. The highest BCUT2D eigenvalue weighted by Gasteiger charge is 2.19. The van der Waals surface area contributed by atoms with Gasteiger partial charge in [0.2, 0.25) is 0 Å². The molecule has 0 spiro atoms. The SMILES string of the molecule is COc1cccc(NC(=S)N2CCN(c3ccc(F)cc3)CC2)c1. The van der Waals surface area contributed by atoms with Crippen LogP contribution in [0.15, 0.2) is 48.5 Å². The molecule has 6 heteroatoms. The molecule has 0 unspecified atom stereocenters. The Morgan fingerprint density at radius 2 is 1.79 bits per heavy atom. The molecule has 1 fully saturated rings. The normalized spacial score (nSPS) is 14.4. The van der Waals surface area contributed by atoms with Crippen molar-refractivity contribution >= 4 is 28.7 Å². The lowest BCUT2D eigenvalue weighted by Crippen LogP contribution is -2.50. The summed E-state index contributed by atoms with van der Waals surface area (Å²) >= 11 is 5.51. The first kappa shape index (κ1) is 16.5. The Morgan fingerprint density at radius 3 is 2.46 bits per heavy atom. The van der Waals surface area contributed by atoms with Crippen molar-refractivity contribution < 1.29 is 9.13 Å². The van der Waals surface area contributed by atoms with Crippen LogP contribution in [0.5, 0.6) is 5.75 Å². The number of methoxy groups -OCH3 is 1. The van der Waals surface area contributed by atoms with Gasteiger partial charge in [0.25, 0.3) is 0 Å². The minimum atomic E-state index is -0.207. The molecule has 1 saturated heterocycles. The first-order chi connectivity index (χ1) is 11.7. The maximum atomic E-state index is 13.0. The van der Waals surface area contributed by atoms with Gasteiger partial charge >= 0.3 is 0 Å². The van der Waals surface area contributed by atoms with Gasteiger partial charge < -0.3 is 19.9 Å². The third-order valence-electron chi connectivity index (χ3n) is 4.08. The van der Waals surface area contributed by atoms with E-state index in [-0.39, 0.29) is 5.82 Å². The quantitative estimate of drug-likeness (QED) is 0.861. The summed E-state index contributed by atoms with van der Waals surface area (Å²) in [4.78, 5) is 4.39. The average Bonchev–Trinajstić information content (AvgIpc) is 2.62. The van der Waals surface area contributed by atoms with Gasteiger partial charge in [-0.15, -0.1) is 0 Å². The predicted molar refractivity (Wildman–Crippen MR) is 99.4 cm³/mol. The standard InChI is InChI=1S/C18H20FN3OS/c1-23-17-4-2-3-15(13-17)20-18(24)22-11-9-21(10-12-22)16-7-5-14(19)6-8-16/h2-8,13H,9-12H2,1H3,(H,20,24). The molecule has 2 aromatic carbocycles. The number of hydrogen-bond donors (Lipinski definition) is 1. The fourth-order valence-corrected chi connectivity index (χ4v) is 3.02. The Hall–Kier alpha value is -2.34. The first-order valence-corrected chi connectivity index (χ1v) is 8.27. The van der Waals surface area contributed by atoms with Crippen molar-refractivity contribution in [3.05, 3.63) is 54.3 Å². The van der Waals surface area contributed by atoms with Crippen LogP contribution < -0.4 is 15.0 Å². The second kappa shape index (κ2) is 7.49. The van der Waals surface area contributed by atoms with Crippen molar-refractivity contribution in [1.82, 2.24) is 4.90 Å². The van der Waals surface area contributed by atoms with E-state index >= 15 is 0 Å². The molecule has 1 aliphatic heterocycles. The molecular weight excluding hydrogens is 325 g/mol. The molecule has 0 aromatic heterocycles. The van der Waals surface area contributed by atoms with Gasteiger partial charge in [0.1, 0.15) is 11.6 Å². The molecule has 1 N–H and O–H groups in total. The second-order valence-electron chi connectivity index (χ2n) is 5.61. The fourth-order valence-electron chi connectivity index (χ4n) is 2.72. The Balaban J connectivity index is 1.55. The first-order valence-electron chi connectivity index (χ1n) is 7.86. The molecule has 0 amide bonds. The number of nitrogens with one attached hydrogen (secondary N) is 1. The van der Waals surface area contributed by atoms with Gasteiger partial charge in [-0.1, -0.05) is 6.07 Å². The van der Waals surface area contributed by atoms with Gasteiger partial charge in [-0.05, 0) is 48.6 Å². The monoisotopic (exact) mass is 345 g/mol. The van der Waals surface area contributed by atoms with E-state index in [1.54, 1.807) is 7.11 Å². The maximum Gasteiger partial charge on any atom is 0.173 e. The number of rotatable bonds is 3. The predicted octanol–water partition coefficient (Wildman–Crippen LogP) is 3.35. The van der Waals surface area contributed by atoms with E-state index < -0.39 is 0 Å². The third-order valence-corrected chi connectivity index (χ3v) is 4.44. The Labute approximate surface area is 146 Å².